The standard InChI is InChI=1S/C10H9BrF5NO/c11-6-1-2-7(12)5(9(6)13)3-17-4-8(18)10(14,15)16/h1-2,8,17-18H,3-4H2. The second-order valence-corrected chi connectivity index (χ2v) is 4.36. The maximum Gasteiger partial charge on any atom is 0.415 e. The first-order valence-electron chi connectivity index (χ1n) is 4.81. The molecule has 102 valence electrons. The molecule has 0 heterocycles. The van der Waals surface area contributed by atoms with Crippen LogP contribution in [0.5, 0.6) is 0 Å². The maximum atomic E-state index is 13.4. The van der Waals surface area contributed by atoms with E-state index in [0.717, 1.165) is 12.1 Å². The fourth-order valence-corrected chi connectivity index (χ4v) is 1.55. The van der Waals surface area contributed by atoms with Gasteiger partial charge in [-0.2, -0.15) is 13.2 Å². The van der Waals surface area contributed by atoms with Crippen LogP contribution in [-0.2, 0) is 6.54 Å². The van der Waals surface area contributed by atoms with Crippen LogP contribution in [0.2, 0.25) is 0 Å². The van der Waals surface area contributed by atoms with Crippen LogP contribution in [0.25, 0.3) is 0 Å². The molecule has 0 spiro atoms. The number of rotatable bonds is 4. The van der Waals surface area contributed by atoms with E-state index in [-0.39, 0.29) is 4.47 Å². The van der Waals surface area contributed by atoms with Crippen LogP contribution in [-0.4, -0.2) is 23.9 Å². The van der Waals surface area contributed by atoms with Crippen molar-refractivity contribution in [3.05, 3.63) is 33.8 Å². The van der Waals surface area contributed by atoms with Crippen LogP contribution in [0, 0.1) is 11.6 Å². The van der Waals surface area contributed by atoms with Crippen molar-refractivity contribution in [2.75, 3.05) is 6.54 Å². The lowest BCUT2D eigenvalue weighted by Gasteiger charge is -2.15. The molecular formula is C10H9BrF5NO. The molecule has 1 unspecified atom stereocenters. The van der Waals surface area contributed by atoms with Crippen LogP contribution in [0.4, 0.5) is 22.0 Å². The predicted molar refractivity (Wildman–Crippen MR) is 57.8 cm³/mol. The van der Waals surface area contributed by atoms with E-state index >= 15 is 0 Å². The van der Waals surface area contributed by atoms with Gasteiger partial charge in [-0.1, -0.05) is 0 Å². The molecule has 1 aromatic carbocycles. The Balaban J connectivity index is 2.63. The fraction of sp³-hybridized carbons (Fsp3) is 0.400. The van der Waals surface area contributed by atoms with E-state index in [1.807, 2.05) is 0 Å². The Morgan fingerprint density at radius 3 is 2.44 bits per heavy atom. The lowest BCUT2D eigenvalue weighted by molar-refractivity contribution is -0.201. The van der Waals surface area contributed by atoms with Gasteiger partial charge in [-0.25, -0.2) is 8.78 Å². The summed E-state index contributed by atoms with van der Waals surface area (Å²) < 4.78 is 62.5. The van der Waals surface area contributed by atoms with Crippen molar-refractivity contribution in [2.24, 2.45) is 0 Å². The van der Waals surface area contributed by atoms with Crippen LogP contribution in [0.3, 0.4) is 0 Å². The SMILES string of the molecule is OC(CNCc1c(F)ccc(Br)c1F)C(F)(F)F. The fourth-order valence-electron chi connectivity index (χ4n) is 1.18. The van der Waals surface area contributed by atoms with Crippen LogP contribution < -0.4 is 5.32 Å². The van der Waals surface area contributed by atoms with Gasteiger partial charge in [-0.3, -0.25) is 0 Å². The number of hydrogen-bond acceptors (Lipinski definition) is 2. The largest absolute Gasteiger partial charge is 0.415 e. The van der Waals surface area contributed by atoms with Crippen LogP contribution in [0.1, 0.15) is 5.56 Å². The van der Waals surface area contributed by atoms with Crippen LogP contribution >= 0.6 is 15.9 Å². The quantitative estimate of drug-likeness (QED) is 0.656. The molecule has 1 atom stereocenters. The van der Waals surface area contributed by atoms with Gasteiger partial charge in [0.1, 0.15) is 11.6 Å². The molecule has 2 nitrogen and oxygen atoms in total. The number of benzene rings is 1. The third-order valence-electron chi connectivity index (χ3n) is 2.16. The average molecular weight is 334 g/mol. The number of alkyl halides is 3. The molecule has 0 aromatic heterocycles. The molecule has 0 radical (unpaired) electrons. The Morgan fingerprint density at radius 1 is 1.28 bits per heavy atom. The highest BCUT2D eigenvalue weighted by Gasteiger charge is 2.37. The zero-order chi connectivity index (χ0) is 13.9. The molecule has 1 aromatic rings. The van der Waals surface area contributed by atoms with Crippen molar-refractivity contribution in [1.29, 1.82) is 0 Å². The summed E-state index contributed by atoms with van der Waals surface area (Å²) in [5.41, 5.74) is -0.390. The Labute approximate surface area is 108 Å². The van der Waals surface area contributed by atoms with Gasteiger partial charge in [0.15, 0.2) is 6.10 Å². The monoisotopic (exact) mass is 333 g/mol. The molecule has 0 bridgehead atoms. The second kappa shape index (κ2) is 5.94. The van der Waals surface area contributed by atoms with Gasteiger partial charge in [0.05, 0.1) is 4.47 Å². The third-order valence-corrected chi connectivity index (χ3v) is 2.77. The molecule has 1 rings (SSSR count). The normalized spacial score (nSPS) is 13.7. The summed E-state index contributed by atoms with van der Waals surface area (Å²) in [7, 11) is 0. The maximum absolute atomic E-state index is 13.4. The summed E-state index contributed by atoms with van der Waals surface area (Å²) >= 11 is 2.83. The molecule has 18 heavy (non-hydrogen) atoms. The minimum Gasteiger partial charge on any atom is -0.382 e. The molecule has 0 saturated heterocycles. The van der Waals surface area contributed by atoms with E-state index < -0.39 is 42.6 Å². The lowest BCUT2D eigenvalue weighted by atomic mass is 10.2. The number of aliphatic hydroxyl groups is 1. The number of halogens is 6. The number of hydrogen-bond donors (Lipinski definition) is 2. The Bertz CT molecular complexity index is 423. The summed E-state index contributed by atoms with van der Waals surface area (Å²) in [4.78, 5) is 0. The molecule has 0 fully saturated rings. The first kappa shape index (κ1) is 15.3. The van der Waals surface area contributed by atoms with Gasteiger partial charge in [0.25, 0.3) is 0 Å². The Kier molecular flexibility index (Phi) is 5.06. The van der Waals surface area contributed by atoms with E-state index in [2.05, 4.69) is 21.2 Å². The predicted octanol–water partition coefficient (Wildman–Crippen LogP) is 2.74. The van der Waals surface area contributed by atoms with Gasteiger partial charge in [0.2, 0.25) is 0 Å². The second-order valence-electron chi connectivity index (χ2n) is 3.51. The number of aliphatic hydroxyl groups excluding tert-OH is 1. The van der Waals surface area contributed by atoms with Gasteiger partial charge < -0.3 is 10.4 Å². The summed E-state index contributed by atoms with van der Waals surface area (Å²) in [6, 6.07) is 2.14. The average Bonchev–Trinajstić information content (AvgIpc) is 2.27. The van der Waals surface area contributed by atoms with Crippen molar-refractivity contribution >= 4 is 15.9 Å². The van der Waals surface area contributed by atoms with E-state index in [9.17, 15) is 22.0 Å². The first-order valence-corrected chi connectivity index (χ1v) is 5.60. The summed E-state index contributed by atoms with van der Waals surface area (Å²) in [5.74, 6) is -1.76. The summed E-state index contributed by atoms with van der Waals surface area (Å²) in [5, 5.41) is 10.8. The molecule has 0 aliphatic rings. The van der Waals surface area contributed by atoms with E-state index in [1.54, 1.807) is 0 Å². The highest BCUT2D eigenvalue weighted by Crippen LogP contribution is 2.22. The van der Waals surface area contributed by atoms with E-state index in [0.29, 0.717) is 0 Å². The first-order chi connectivity index (χ1) is 8.23. The molecule has 0 aliphatic heterocycles. The van der Waals surface area contributed by atoms with Crippen molar-refractivity contribution in [3.63, 3.8) is 0 Å². The van der Waals surface area contributed by atoms with Crippen molar-refractivity contribution in [1.82, 2.24) is 5.32 Å². The van der Waals surface area contributed by atoms with Gasteiger partial charge in [0, 0.05) is 18.7 Å². The van der Waals surface area contributed by atoms with Gasteiger partial charge >= 0.3 is 6.18 Å². The van der Waals surface area contributed by atoms with Crippen molar-refractivity contribution in [3.8, 4) is 0 Å². The highest BCUT2D eigenvalue weighted by atomic mass is 79.9. The number of nitrogens with one attached hydrogen (secondary N) is 1. The van der Waals surface area contributed by atoms with Crippen molar-refractivity contribution < 1.29 is 27.1 Å². The summed E-state index contributed by atoms with van der Waals surface area (Å²) in [6.45, 7) is -1.29. The third kappa shape index (κ3) is 3.89. The lowest BCUT2D eigenvalue weighted by Crippen LogP contribution is -2.38. The molecule has 0 saturated carbocycles. The minimum absolute atomic E-state index is 0.0112. The van der Waals surface area contributed by atoms with Gasteiger partial charge in [-0.15, -0.1) is 0 Å². The minimum atomic E-state index is -4.76. The molecular weight excluding hydrogens is 325 g/mol. The summed E-state index contributed by atoms with van der Waals surface area (Å²) in [6.07, 6.45) is -7.34. The van der Waals surface area contributed by atoms with Gasteiger partial charge in [-0.05, 0) is 28.1 Å². The highest BCUT2D eigenvalue weighted by molar-refractivity contribution is 9.10. The smallest absolute Gasteiger partial charge is 0.382 e. The Hall–Kier alpha value is -0.730. The van der Waals surface area contributed by atoms with Crippen molar-refractivity contribution in [2.45, 2.75) is 18.8 Å². The molecule has 0 aliphatic carbocycles. The molecule has 8 heteroatoms. The van der Waals surface area contributed by atoms with E-state index in [1.165, 1.54) is 0 Å². The van der Waals surface area contributed by atoms with E-state index in [4.69, 9.17) is 5.11 Å². The zero-order valence-electron chi connectivity index (χ0n) is 8.86. The molecule has 2 N–H and O–H groups in total. The van der Waals surface area contributed by atoms with Crippen LogP contribution in [0.15, 0.2) is 16.6 Å². The zero-order valence-corrected chi connectivity index (χ0v) is 10.4. The Morgan fingerprint density at radius 2 is 1.89 bits per heavy atom. The molecule has 0 amide bonds. The topological polar surface area (TPSA) is 32.3 Å².